The van der Waals surface area contributed by atoms with Crippen LogP contribution in [0.1, 0.15) is 31.6 Å². The van der Waals surface area contributed by atoms with E-state index in [1.807, 2.05) is 0 Å². The maximum absolute atomic E-state index is 11.7. The molecule has 7 nitrogen and oxygen atoms in total. The maximum atomic E-state index is 11.7. The standard InChI is InChI=1S/C12H18N6OS/c1-12(2,3)10-15-16-11-18(10)17-8(20-11)6-7-9(19)14-5-4-13-7/h7,13H,4-6H2,1-3H3,(H,14,19). The molecule has 2 N–H and O–H groups in total. The fourth-order valence-corrected chi connectivity index (χ4v) is 3.07. The first-order chi connectivity index (χ1) is 9.45. The van der Waals surface area contributed by atoms with Gasteiger partial charge in [-0.15, -0.1) is 10.2 Å². The van der Waals surface area contributed by atoms with Gasteiger partial charge in [0.05, 0.1) is 6.04 Å². The van der Waals surface area contributed by atoms with E-state index in [2.05, 4.69) is 46.7 Å². The number of hydrogen-bond donors (Lipinski definition) is 2. The fourth-order valence-electron chi connectivity index (χ4n) is 2.19. The predicted octanol–water partition coefficient (Wildman–Crippen LogP) is 0.114. The second-order valence-electron chi connectivity index (χ2n) is 5.97. The van der Waals surface area contributed by atoms with Gasteiger partial charge in [0, 0.05) is 24.9 Å². The fraction of sp³-hybridized carbons (Fsp3) is 0.667. The summed E-state index contributed by atoms with van der Waals surface area (Å²) in [6.07, 6.45) is 0.587. The lowest BCUT2D eigenvalue weighted by Crippen LogP contribution is -2.53. The van der Waals surface area contributed by atoms with Gasteiger partial charge >= 0.3 is 0 Å². The smallest absolute Gasteiger partial charge is 0.237 e. The molecule has 0 bridgehead atoms. The van der Waals surface area contributed by atoms with Crippen LogP contribution in [0.4, 0.5) is 0 Å². The van der Waals surface area contributed by atoms with Crippen LogP contribution in [0.15, 0.2) is 0 Å². The van der Waals surface area contributed by atoms with E-state index in [1.54, 1.807) is 4.52 Å². The van der Waals surface area contributed by atoms with Crippen molar-refractivity contribution in [2.24, 2.45) is 0 Å². The molecule has 1 saturated heterocycles. The first-order valence-electron chi connectivity index (χ1n) is 6.68. The number of nitrogens with zero attached hydrogens (tertiary/aromatic N) is 4. The van der Waals surface area contributed by atoms with Gasteiger partial charge in [-0.05, 0) is 0 Å². The molecule has 1 amide bonds. The summed E-state index contributed by atoms with van der Waals surface area (Å²) in [7, 11) is 0. The monoisotopic (exact) mass is 294 g/mol. The van der Waals surface area contributed by atoms with E-state index >= 15 is 0 Å². The SMILES string of the molecule is CC(C)(C)c1nnc2sc(CC3NCCNC3=O)nn12. The lowest BCUT2D eigenvalue weighted by atomic mass is 9.96. The van der Waals surface area contributed by atoms with Gasteiger partial charge in [-0.1, -0.05) is 32.1 Å². The molecule has 0 radical (unpaired) electrons. The number of nitrogens with one attached hydrogen (secondary N) is 2. The molecule has 2 aromatic rings. The number of amides is 1. The van der Waals surface area contributed by atoms with Crippen LogP contribution in [0.3, 0.4) is 0 Å². The van der Waals surface area contributed by atoms with Gasteiger partial charge in [-0.3, -0.25) is 4.79 Å². The van der Waals surface area contributed by atoms with E-state index in [9.17, 15) is 4.79 Å². The number of aromatic nitrogens is 4. The number of carbonyl (C=O) groups is 1. The van der Waals surface area contributed by atoms with Crippen LogP contribution in [-0.2, 0) is 16.6 Å². The molecule has 8 heteroatoms. The molecule has 1 aliphatic rings. The molecule has 108 valence electrons. The van der Waals surface area contributed by atoms with Gasteiger partial charge in [0.1, 0.15) is 5.01 Å². The van der Waals surface area contributed by atoms with Crippen LogP contribution in [0.2, 0.25) is 0 Å². The predicted molar refractivity (Wildman–Crippen MR) is 75.9 cm³/mol. The average Bonchev–Trinajstić information content (AvgIpc) is 2.90. The van der Waals surface area contributed by atoms with Crippen LogP contribution in [0.25, 0.3) is 4.96 Å². The van der Waals surface area contributed by atoms with Crippen LogP contribution >= 0.6 is 11.3 Å². The molecule has 1 atom stereocenters. The molecule has 20 heavy (non-hydrogen) atoms. The molecular weight excluding hydrogens is 276 g/mol. The van der Waals surface area contributed by atoms with Crippen molar-refractivity contribution >= 4 is 22.2 Å². The Bertz CT molecular complexity index is 640. The van der Waals surface area contributed by atoms with Gasteiger partial charge in [-0.2, -0.15) is 9.61 Å². The number of carbonyl (C=O) groups excluding carboxylic acids is 1. The zero-order valence-electron chi connectivity index (χ0n) is 11.8. The Morgan fingerprint density at radius 1 is 1.35 bits per heavy atom. The van der Waals surface area contributed by atoms with E-state index in [0.717, 1.165) is 22.3 Å². The van der Waals surface area contributed by atoms with Crippen molar-refractivity contribution in [3.8, 4) is 0 Å². The van der Waals surface area contributed by atoms with Gasteiger partial charge in [0.15, 0.2) is 5.82 Å². The molecule has 0 saturated carbocycles. The normalized spacial score (nSPS) is 20.4. The first-order valence-corrected chi connectivity index (χ1v) is 7.49. The second kappa shape index (κ2) is 4.78. The van der Waals surface area contributed by atoms with Crippen molar-refractivity contribution in [2.45, 2.75) is 38.6 Å². The minimum Gasteiger partial charge on any atom is -0.353 e. The molecule has 3 heterocycles. The molecular formula is C12H18N6OS. The molecule has 1 unspecified atom stereocenters. The van der Waals surface area contributed by atoms with E-state index in [1.165, 1.54) is 11.3 Å². The molecule has 3 rings (SSSR count). The topological polar surface area (TPSA) is 84.2 Å². The average molecular weight is 294 g/mol. The second-order valence-corrected chi connectivity index (χ2v) is 7.01. The van der Waals surface area contributed by atoms with E-state index in [4.69, 9.17) is 0 Å². The Kier molecular flexibility index (Phi) is 3.21. The van der Waals surface area contributed by atoms with Gasteiger partial charge in [0.2, 0.25) is 10.9 Å². The quantitative estimate of drug-likeness (QED) is 0.821. The summed E-state index contributed by atoms with van der Waals surface area (Å²) in [6, 6.07) is -0.203. The van der Waals surface area contributed by atoms with Crippen molar-refractivity contribution in [3.63, 3.8) is 0 Å². The number of fused-ring (bicyclic) bond motifs is 1. The molecule has 1 fully saturated rings. The summed E-state index contributed by atoms with van der Waals surface area (Å²) in [6.45, 7) is 7.73. The number of piperazine rings is 1. The van der Waals surface area contributed by atoms with Crippen LogP contribution in [0.5, 0.6) is 0 Å². The highest BCUT2D eigenvalue weighted by molar-refractivity contribution is 7.16. The Balaban J connectivity index is 1.86. The Labute approximate surface area is 120 Å². The molecule has 2 aromatic heterocycles. The zero-order chi connectivity index (χ0) is 14.3. The highest BCUT2D eigenvalue weighted by atomic mass is 32.1. The minimum absolute atomic E-state index is 0.0401. The summed E-state index contributed by atoms with van der Waals surface area (Å²) in [5.74, 6) is 0.884. The highest BCUT2D eigenvalue weighted by Crippen LogP contribution is 2.23. The molecule has 0 aliphatic carbocycles. The van der Waals surface area contributed by atoms with E-state index < -0.39 is 0 Å². The van der Waals surface area contributed by atoms with E-state index in [0.29, 0.717) is 13.0 Å². The maximum Gasteiger partial charge on any atom is 0.237 e. The number of rotatable bonds is 2. The third-order valence-corrected chi connectivity index (χ3v) is 4.13. The van der Waals surface area contributed by atoms with Crippen molar-refractivity contribution < 1.29 is 4.79 Å². The Hall–Kier alpha value is -1.54. The minimum atomic E-state index is -0.203. The summed E-state index contributed by atoms with van der Waals surface area (Å²) >= 11 is 1.49. The lowest BCUT2D eigenvalue weighted by molar-refractivity contribution is -0.124. The number of hydrogen-bond acceptors (Lipinski definition) is 6. The van der Waals surface area contributed by atoms with Gasteiger partial charge in [-0.25, -0.2) is 0 Å². The molecule has 0 aromatic carbocycles. The van der Waals surface area contributed by atoms with Crippen molar-refractivity contribution in [2.75, 3.05) is 13.1 Å². The van der Waals surface area contributed by atoms with E-state index in [-0.39, 0.29) is 17.4 Å². The first kappa shape index (κ1) is 13.4. The largest absolute Gasteiger partial charge is 0.353 e. The summed E-state index contributed by atoms with van der Waals surface area (Å²) in [5, 5.41) is 19.9. The summed E-state index contributed by atoms with van der Waals surface area (Å²) < 4.78 is 1.79. The van der Waals surface area contributed by atoms with Crippen molar-refractivity contribution in [1.29, 1.82) is 0 Å². The van der Waals surface area contributed by atoms with Crippen LogP contribution in [-0.4, -0.2) is 44.8 Å². The lowest BCUT2D eigenvalue weighted by Gasteiger charge is -2.22. The summed E-state index contributed by atoms with van der Waals surface area (Å²) in [5.41, 5.74) is -0.106. The van der Waals surface area contributed by atoms with Crippen molar-refractivity contribution in [1.82, 2.24) is 30.4 Å². The highest BCUT2D eigenvalue weighted by Gasteiger charge is 2.26. The summed E-state index contributed by atoms with van der Waals surface area (Å²) in [4.78, 5) is 12.5. The Morgan fingerprint density at radius 2 is 2.15 bits per heavy atom. The zero-order valence-corrected chi connectivity index (χ0v) is 12.6. The van der Waals surface area contributed by atoms with Gasteiger partial charge < -0.3 is 10.6 Å². The van der Waals surface area contributed by atoms with Crippen LogP contribution < -0.4 is 10.6 Å². The van der Waals surface area contributed by atoms with Gasteiger partial charge in [0.25, 0.3) is 0 Å². The third kappa shape index (κ3) is 2.40. The third-order valence-electron chi connectivity index (χ3n) is 3.21. The van der Waals surface area contributed by atoms with Crippen LogP contribution in [0, 0.1) is 0 Å². The molecule has 1 aliphatic heterocycles. The Morgan fingerprint density at radius 3 is 2.85 bits per heavy atom. The molecule has 0 spiro atoms. The van der Waals surface area contributed by atoms with Crippen molar-refractivity contribution in [3.05, 3.63) is 10.8 Å².